The van der Waals surface area contributed by atoms with Crippen LogP contribution < -0.4 is 5.19 Å². The van der Waals surface area contributed by atoms with Gasteiger partial charge in [0.15, 0.2) is 0 Å². The van der Waals surface area contributed by atoms with Crippen molar-refractivity contribution in [1.82, 2.24) is 0 Å². The first-order valence-electron chi connectivity index (χ1n) is 6.07. The minimum atomic E-state index is -1.26. The highest BCUT2D eigenvalue weighted by molar-refractivity contribution is 6.89. The number of rotatable bonds is 2. The molecule has 0 heterocycles. The van der Waals surface area contributed by atoms with Gasteiger partial charge >= 0.3 is 0 Å². The lowest BCUT2D eigenvalue weighted by Crippen LogP contribution is -2.38. The molecule has 0 saturated carbocycles. The fourth-order valence-corrected chi connectivity index (χ4v) is 3.64. The van der Waals surface area contributed by atoms with Gasteiger partial charge in [-0.2, -0.15) is 0 Å². The maximum absolute atomic E-state index is 4.00. The molecule has 18 heavy (non-hydrogen) atoms. The van der Waals surface area contributed by atoms with Crippen LogP contribution in [0.25, 0.3) is 11.1 Å². The predicted molar refractivity (Wildman–Crippen MR) is 84.7 cm³/mol. The molecule has 1 heteroatoms. The number of hydrogen-bond acceptors (Lipinski definition) is 0. The highest BCUT2D eigenvalue weighted by atomic mass is 28.3. The summed E-state index contributed by atoms with van der Waals surface area (Å²) >= 11 is 0. The van der Waals surface area contributed by atoms with Crippen molar-refractivity contribution >= 4 is 13.3 Å². The lowest BCUT2D eigenvalue weighted by molar-refractivity contribution is 1.62. The SMILES string of the molecule is C#C.C[Si](C)(C)c1ccccc1-c1ccccc1. The fourth-order valence-electron chi connectivity index (χ4n) is 2.01. The Morgan fingerprint density at radius 1 is 0.722 bits per heavy atom. The summed E-state index contributed by atoms with van der Waals surface area (Å²) < 4.78 is 0. The molecule has 0 atom stereocenters. The Morgan fingerprint density at radius 3 is 1.78 bits per heavy atom. The first-order chi connectivity index (χ1) is 8.59. The zero-order valence-corrected chi connectivity index (χ0v) is 12.4. The lowest BCUT2D eigenvalue weighted by atomic mass is 10.1. The molecule has 0 amide bonds. The van der Waals surface area contributed by atoms with Crippen LogP contribution in [-0.4, -0.2) is 8.07 Å². The topological polar surface area (TPSA) is 0 Å². The average Bonchev–Trinajstić information content (AvgIpc) is 2.41. The van der Waals surface area contributed by atoms with E-state index in [0.717, 1.165) is 0 Å². The van der Waals surface area contributed by atoms with Crippen LogP contribution in [0.4, 0.5) is 0 Å². The number of terminal acetylenes is 1. The van der Waals surface area contributed by atoms with Crippen LogP contribution in [0.15, 0.2) is 54.6 Å². The average molecular weight is 252 g/mol. The summed E-state index contributed by atoms with van der Waals surface area (Å²) in [7, 11) is -1.26. The lowest BCUT2D eigenvalue weighted by Gasteiger charge is -2.21. The van der Waals surface area contributed by atoms with Gasteiger partial charge in [0.05, 0.1) is 8.07 Å². The summed E-state index contributed by atoms with van der Waals surface area (Å²) in [5, 5.41) is 1.54. The van der Waals surface area contributed by atoms with E-state index >= 15 is 0 Å². The standard InChI is InChI=1S/C15H18Si.C2H2/c1-16(2,3)15-12-8-7-11-14(15)13-9-5-4-6-10-13;1-2/h4-12H,1-3H3;1-2H. The zero-order valence-electron chi connectivity index (χ0n) is 11.4. The Morgan fingerprint density at radius 2 is 1.22 bits per heavy atom. The van der Waals surface area contributed by atoms with Crippen molar-refractivity contribution in [3.8, 4) is 24.0 Å². The van der Waals surface area contributed by atoms with Gasteiger partial charge in [-0.05, 0) is 11.1 Å². The molecule has 0 aliphatic rings. The summed E-state index contributed by atoms with van der Waals surface area (Å²) in [5.74, 6) is 0. The Bertz CT molecular complexity index is 504. The van der Waals surface area contributed by atoms with Crippen molar-refractivity contribution in [2.45, 2.75) is 19.6 Å². The summed E-state index contributed by atoms with van der Waals surface area (Å²) in [5.41, 5.74) is 2.74. The molecule has 0 nitrogen and oxygen atoms in total. The van der Waals surface area contributed by atoms with Crippen molar-refractivity contribution < 1.29 is 0 Å². The highest BCUT2D eigenvalue weighted by Gasteiger charge is 2.19. The van der Waals surface area contributed by atoms with Crippen LogP contribution in [0.3, 0.4) is 0 Å². The van der Waals surface area contributed by atoms with E-state index in [1.807, 2.05) is 0 Å². The second kappa shape index (κ2) is 6.23. The Labute approximate surface area is 112 Å². The van der Waals surface area contributed by atoms with E-state index in [1.165, 1.54) is 11.1 Å². The van der Waals surface area contributed by atoms with Crippen LogP contribution in [0.1, 0.15) is 0 Å². The molecule has 0 spiro atoms. The summed E-state index contributed by atoms with van der Waals surface area (Å²) in [6.07, 6.45) is 8.00. The van der Waals surface area contributed by atoms with Crippen LogP contribution >= 0.6 is 0 Å². The molecular weight excluding hydrogens is 232 g/mol. The minimum absolute atomic E-state index is 1.26. The van der Waals surface area contributed by atoms with E-state index < -0.39 is 8.07 Å². The van der Waals surface area contributed by atoms with Gasteiger partial charge in [0.1, 0.15) is 0 Å². The Balaban J connectivity index is 0.000000771. The maximum Gasteiger partial charge on any atom is 0.0784 e. The molecule has 0 aliphatic heterocycles. The van der Waals surface area contributed by atoms with Crippen molar-refractivity contribution in [3.63, 3.8) is 0 Å². The fraction of sp³-hybridized carbons (Fsp3) is 0.176. The quantitative estimate of drug-likeness (QED) is 0.556. The van der Waals surface area contributed by atoms with Gasteiger partial charge in [0, 0.05) is 0 Å². The molecule has 0 radical (unpaired) electrons. The first-order valence-corrected chi connectivity index (χ1v) is 9.57. The molecule has 0 N–H and O–H groups in total. The second-order valence-electron chi connectivity index (χ2n) is 5.16. The molecule has 0 saturated heterocycles. The third-order valence-electron chi connectivity index (χ3n) is 2.82. The van der Waals surface area contributed by atoms with Gasteiger partial charge in [-0.1, -0.05) is 79.4 Å². The zero-order chi connectivity index (χ0) is 13.6. The van der Waals surface area contributed by atoms with Gasteiger partial charge in [-0.15, -0.1) is 12.8 Å². The maximum atomic E-state index is 4.00. The predicted octanol–water partition coefficient (Wildman–Crippen LogP) is 4.15. The van der Waals surface area contributed by atoms with Crippen molar-refractivity contribution in [1.29, 1.82) is 0 Å². The van der Waals surface area contributed by atoms with E-state index in [-0.39, 0.29) is 0 Å². The van der Waals surface area contributed by atoms with Gasteiger partial charge in [0.25, 0.3) is 0 Å². The van der Waals surface area contributed by atoms with E-state index in [9.17, 15) is 0 Å². The summed E-state index contributed by atoms with van der Waals surface area (Å²) in [4.78, 5) is 0. The molecule has 92 valence electrons. The number of benzene rings is 2. The van der Waals surface area contributed by atoms with Gasteiger partial charge in [0.2, 0.25) is 0 Å². The molecule has 2 aromatic rings. The smallest absolute Gasteiger partial charge is 0.0784 e. The largest absolute Gasteiger partial charge is 0.124 e. The molecule has 2 aromatic carbocycles. The van der Waals surface area contributed by atoms with Crippen molar-refractivity contribution in [2.24, 2.45) is 0 Å². The normalized spacial score (nSPS) is 10.3. The van der Waals surface area contributed by atoms with Gasteiger partial charge in [-0.25, -0.2) is 0 Å². The van der Waals surface area contributed by atoms with Crippen LogP contribution in [0.5, 0.6) is 0 Å². The summed E-state index contributed by atoms with van der Waals surface area (Å²) in [6, 6.07) is 19.5. The highest BCUT2D eigenvalue weighted by Crippen LogP contribution is 2.19. The summed E-state index contributed by atoms with van der Waals surface area (Å²) in [6.45, 7) is 7.19. The molecular formula is C17H20Si. The van der Waals surface area contributed by atoms with Crippen molar-refractivity contribution in [2.75, 3.05) is 0 Å². The van der Waals surface area contributed by atoms with E-state index in [1.54, 1.807) is 5.19 Å². The molecule has 0 fully saturated rings. The number of hydrogen-bond donors (Lipinski definition) is 0. The van der Waals surface area contributed by atoms with Crippen LogP contribution in [0, 0.1) is 12.8 Å². The van der Waals surface area contributed by atoms with Crippen LogP contribution in [0.2, 0.25) is 19.6 Å². The molecule has 0 unspecified atom stereocenters. The first kappa shape index (κ1) is 14.3. The Hall–Kier alpha value is -1.78. The molecule has 0 aromatic heterocycles. The van der Waals surface area contributed by atoms with Crippen molar-refractivity contribution in [3.05, 3.63) is 54.6 Å². The minimum Gasteiger partial charge on any atom is -0.124 e. The third-order valence-corrected chi connectivity index (χ3v) is 4.87. The van der Waals surface area contributed by atoms with Crippen LogP contribution in [-0.2, 0) is 0 Å². The van der Waals surface area contributed by atoms with E-state index in [2.05, 4.69) is 87.1 Å². The molecule has 0 aliphatic carbocycles. The third kappa shape index (κ3) is 3.35. The van der Waals surface area contributed by atoms with E-state index in [4.69, 9.17) is 0 Å². The molecule has 0 bridgehead atoms. The van der Waals surface area contributed by atoms with E-state index in [0.29, 0.717) is 0 Å². The monoisotopic (exact) mass is 252 g/mol. The van der Waals surface area contributed by atoms with Gasteiger partial charge in [-0.3, -0.25) is 0 Å². The Kier molecular flexibility index (Phi) is 4.94. The molecule has 2 rings (SSSR count). The van der Waals surface area contributed by atoms with Gasteiger partial charge < -0.3 is 0 Å². The second-order valence-corrected chi connectivity index (χ2v) is 10.2.